The minimum atomic E-state index is -3.74. The fourth-order valence-electron chi connectivity index (χ4n) is 4.40. The van der Waals surface area contributed by atoms with E-state index in [0.717, 1.165) is 19.5 Å². The number of hydrogen-bond donors (Lipinski definition) is 1. The van der Waals surface area contributed by atoms with Crippen LogP contribution in [0.1, 0.15) is 23.9 Å². The number of ether oxygens (including phenoxy) is 2. The Hall–Kier alpha value is -3.60. The molecule has 0 radical (unpaired) electrons. The summed E-state index contributed by atoms with van der Waals surface area (Å²) in [6, 6.07) is 5.27. The summed E-state index contributed by atoms with van der Waals surface area (Å²) >= 11 is 0. The number of fused-ring (bicyclic) bond motifs is 6. The third kappa shape index (κ3) is 3.00. The maximum atomic E-state index is 13.6. The van der Waals surface area contributed by atoms with Gasteiger partial charge in [0.1, 0.15) is 5.52 Å². The standard InChI is InChI=1S/C21H19F2N7O2/c1-11(29-7-5-12-4-6-25-9-13(12)10-29)8-16-26-19-14-2-3-15-18(32-21(22,23)31-15)17(14)27-20(24)30(19)28-16/h2-4,6,9,11H,5,7-8,10H2,1H3,(H2,24,27)/t11-/m1/s1. The predicted octanol–water partition coefficient (Wildman–Crippen LogP) is 2.57. The molecule has 5 heterocycles. The molecule has 2 aliphatic heterocycles. The van der Waals surface area contributed by atoms with Gasteiger partial charge in [0.15, 0.2) is 23.0 Å². The van der Waals surface area contributed by atoms with Crippen molar-refractivity contribution in [2.45, 2.75) is 38.6 Å². The van der Waals surface area contributed by atoms with E-state index in [4.69, 9.17) is 5.73 Å². The SMILES string of the molecule is C[C@H](Cc1nc2c3ccc4c(c3nc(N)n2n1)OC(F)(F)O4)N1CCc2ccncc2C1. The Morgan fingerprint density at radius 3 is 2.94 bits per heavy atom. The van der Waals surface area contributed by atoms with Gasteiger partial charge in [0.25, 0.3) is 0 Å². The van der Waals surface area contributed by atoms with Crippen molar-refractivity contribution in [3.8, 4) is 11.5 Å². The van der Waals surface area contributed by atoms with Crippen molar-refractivity contribution in [1.29, 1.82) is 0 Å². The summed E-state index contributed by atoms with van der Waals surface area (Å²) in [5, 5.41) is 5.03. The Morgan fingerprint density at radius 1 is 1.19 bits per heavy atom. The number of anilines is 1. The lowest BCUT2D eigenvalue weighted by Crippen LogP contribution is -2.39. The van der Waals surface area contributed by atoms with E-state index in [1.807, 2.05) is 12.4 Å². The Bertz CT molecular complexity index is 1370. The normalized spacial score (nSPS) is 18.2. The summed E-state index contributed by atoms with van der Waals surface area (Å²) in [4.78, 5) is 15.5. The highest BCUT2D eigenvalue weighted by Crippen LogP contribution is 2.45. The van der Waals surface area contributed by atoms with E-state index in [2.05, 4.69) is 47.4 Å². The quantitative estimate of drug-likeness (QED) is 0.520. The maximum absolute atomic E-state index is 13.6. The van der Waals surface area contributed by atoms with Crippen molar-refractivity contribution in [3.63, 3.8) is 0 Å². The molecule has 0 saturated heterocycles. The van der Waals surface area contributed by atoms with E-state index < -0.39 is 6.29 Å². The van der Waals surface area contributed by atoms with Crippen LogP contribution in [0.2, 0.25) is 0 Å². The third-order valence-electron chi connectivity index (χ3n) is 6.03. The monoisotopic (exact) mass is 439 g/mol. The van der Waals surface area contributed by atoms with Gasteiger partial charge in [0.2, 0.25) is 5.95 Å². The summed E-state index contributed by atoms with van der Waals surface area (Å²) in [5.74, 6) is 0.384. The summed E-state index contributed by atoms with van der Waals surface area (Å²) in [7, 11) is 0. The number of aromatic nitrogens is 5. The minimum absolute atomic E-state index is 0.0316. The van der Waals surface area contributed by atoms with Crippen LogP contribution in [0.15, 0.2) is 30.6 Å². The molecule has 9 nitrogen and oxygen atoms in total. The average molecular weight is 439 g/mol. The van der Waals surface area contributed by atoms with Crippen LogP contribution < -0.4 is 15.2 Å². The van der Waals surface area contributed by atoms with Gasteiger partial charge in [-0.3, -0.25) is 9.88 Å². The number of halogens is 2. The molecule has 32 heavy (non-hydrogen) atoms. The first-order valence-corrected chi connectivity index (χ1v) is 10.3. The zero-order valence-corrected chi connectivity index (χ0v) is 17.1. The zero-order valence-electron chi connectivity index (χ0n) is 17.1. The third-order valence-corrected chi connectivity index (χ3v) is 6.03. The molecule has 0 amide bonds. The smallest absolute Gasteiger partial charge is 0.395 e. The van der Waals surface area contributed by atoms with Crippen LogP contribution in [0, 0.1) is 0 Å². The second-order valence-corrected chi connectivity index (χ2v) is 8.11. The van der Waals surface area contributed by atoms with Gasteiger partial charge in [0.05, 0.1) is 0 Å². The fraction of sp³-hybridized carbons (Fsp3) is 0.333. The topological polar surface area (TPSA) is 104 Å². The molecule has 164 valence electrons. The molecule has 0 fully saturated rings. The Kier molecular flexibility index (Phi) is 4.00. The number of hydrogen-bond acceptors (Lipinski definition) is 8. The molecule has 6 rings (SSSR count). The molecule has 2 N–H and O–H groups in total. The van der Waals surface area contributed by atoms with Crippen molar-refractivity contribution in [2.24, 2.45) is 0 Å². The lowest BCUT2D eigenvalue weighted by atomic mass is 10.0. The Balaban J connectivity index is 1.33. The molecule has 0 unspecified atom stereocenters. The van der Waals surface area contributed by atoms with Gasteiger partial charge >= 0.3 is 6.29 Å². The molecule has 11 heteroatoms. The number of alkyl halides is 2. The van der Waals surface area contributed by atoms with E-state index in [1.165, 1.54) is 21.7 Å². The van der Waals surface area contributed by atoms with Gasteiger partial charge < -0.3 is 15.2 Å². The summed E-state index contributed by atoms with van der Waals surface area (Å²) in [6.45, 7) is 3.89. The van der Waals surface area contributed by atoms with Crippen molar-refractivity contribution < 1.29 is 18.3 Å². The average Bonchev–Trinajstić information content (AvgIpc) is 3.33. The Morgan fingerprint density at radius 2 is 2.06 bits per heavy atom. The number of nitrogen functional groups attached to an aromatic ring is 1. The highest BCUT2D eigenvalue weighted by atomic mass is 19.3. The van der Waals surface area contributed by atoms with Gasteiger partial charge in [0, 0.05) is 43.3 Å². The van der Waals surface area contributed by atoms with Crippen LogP contribution in [0.4, 0.5) is 14.7 Å². The van der Waals surface area contributed by atoms with Gasteiger partial charge in [-0.2, -0.15) is 4.52 Å². The van der Waals surface area contributed by atoms with E-state index in [0.29, 0.717) is 23.3 Å². The highest BCUT2D eigenvalue weighted by molar-refractivity contribution is 5.97. The lowest BCUT2D eigenvalue weighted by molar-refractivity contribution is -0.286. The Labute approximate surface area is 180 Å². The van der Waals surface area contributed by atoms with Crippen molar-refractivity contribution in [3.05, 3.63) is 47.5 Å². The summed E-state index contributed by atoms with van der Waals surface area (Å²) < 4.78 is 37.7. The first-order chi connectivity index (χ1) is 15.4. The number of nitrogens with two attached hydrogens (primary N) is 1. The number of pyridine rings is 1. The molecule has 0 aliphatic carbocycles. The lowest BCUT2D eigenvalue weighted by Gasteiger charge is -2.33. The highest BCUT2D eigenvalue weighted by Gasteiger charge is 2.45. The largest absolute Gasteiger partial charge is 0.586 e. The second-order valence-electron chi connectivity index (χ2n) is 8.11. The van der Waals surface area contributed by atoms with E-state index in [1.54, 1.807) is 6.07 Å². The van der Waals surface area contributed by atoms with Crippen LogP contribution in [0.25, 0.3) is 16.6 Å². The summed E-state index contributed by atoms with van der Waals surface area (Å²) in [5.41, 5.74) is 9.24. The first kappa shape index (κ1) is 19.1. The van der Waals surface area contributed by atoms with E-state index in [9.17, 15) is 8.78 Å². The zero-order chi connectivity index (χ0) is 22.0. The van der Waals surface area contributed by atoms with E-state index in [-0.39, 0.29) is 29.0 Å². The predicted molar refractivity (Wildman–Crippen MR) is 110 cm³/mol. The molecule has 2 aliphatic rings. The molecular weight excluding hydrogens is 420 g/mol. The number of benzene rings is 1. The van der Waals surface area contributed by atoms with Gasteiger partial charge in [-0.15, -0.1) is 13.9 Å². The maximum Gasteiger partial charge on any atom is 0.586 e. The second kappa shape index (κ2) is 6.70. The van der Waals surface area contributed by atoms with E-state index >= 15 is 0 Å². The van der Waals surface area contributed by atoms with Crippen molar-refractivity contribution >= 4 is 22.5 Å². The van der Waals surface area contributed by atoms with Crippen molar-refractivity contribution in [2.75, 3.05) is 12.3 Å². The molecule has 1 atom stereocenters. The molecule has 3 aromatic heterocycles. The molecule has 1 aromatic carbocycles. The molecular formula is C21H19F2N7O2. The van der Waals surface area contributed by atoms with Gasteiger partial charge in [-0.1, -0.05) is 0 Å². The summed E-state index contributed by atoms with van der Waals surface area (Å²) in [6.07, 6.45) is 1.58. The van der Waals surface area contributed by atoms with Crippen LogP contribution >= 0.6 is 0 Å². The van der Waals surface area contributed by atoms with Gasteiger partial charge in [-0.25, -0.2) is 9.97 Å². The molecule has 0 spiro atoms. The van der Waals surface area contributed by atoms with Gasteiger partial charge in [-0.05, 0) is 42.7 Å². The minimum Gasteiger partial charge on any atom is -0.395 e. The number of rotatable bonds is 3. The van der Waals surface area contributed by atoms with Crippen LogP contribution in [0.3, 0.4) is 0 Å². The fourth-order valence-corrected chi connectivity index (χ4v) is 4.40. The van der Waals surface area contributed by atoms with Crippen LogP contribution in [-0.2, 0) is 19.4 Å². The molecule has 0 bridgehead atoms. The molecule has 0 saturated carbocycles. The van der Waals surface area contributed by atoms with Crippen LogP contribution in [-0.4, -0.2) is 48.3 Å². The number of nitrogens with zero attached hydrogens (tertiary/aromatic N) is 6. The van der Waals surface area contributed by atoms with Crippen LogP contribution in [0.5, 0.6) is 11.5 Å². The molecule has 4 aromatic rings. The first-order valence-electron chi connectivity index (χ1n) is 10.3. The van der Waals surface area contributed by atoms with Crippen molar-refractivity contribution in [1.82, 2.24) is 29.5 Å².